The third-order valence-corrected chi connectivity index (χ3v) is 6.50. The van der Waals surface area contributed by atoms with Gasteiger partial charge in [0.05, 0.1) is 24.1 Å². The Bertz CT molecular complexity index is 856. The fourth-order valence-electron chi connectivity index (χ4n) is 5.21. The zero-order chi connectivity index (χ0) is 21.4. The summed E-state index contributed by atoms with van der Waals surface area (Å²) in [4.78, 5) is 51.4. The number of amides is 3. The van der Waals surface area contributed by atoms with Gasteiger partial charge in [0, 0.05) is 0 Å². The van der Waals surface area contributed by atoms with E-state index in [0.29, 0.717) is 18.0 Å². The van der Waals surface area contributed by atoms with Gasteiger partial charge in [-0.3, -0.25) is 19.3 Å². The molecule has 8 heteroatoms. The molecular weight excluding hydrogens is 388 g/mol. The van der Waals surface area contributed by atoms with Crippen molar-refractivity contribution in [3.8, 4) is 5.75 Å². The molecular formula is C22H26N2O6. The number of carbonyl (C=O) groups excluding carboxylic acids is 4. The molecule has 2 aliphatic carbocycles. The number of para-hydroxylation sites is 2. The van der Waals surface area contributed by atoms with Gasteiger partial charge < -0.3 is 14.8 Å². The molecule has 1 N–H and O–H groups in total. The van der Waals surface area contributed by atoms with Crippen molar-refractivity contribution >= 4 is 29.4 Å². The van der Waals surface area contributed by atoms with Crippen LogP contribution in [-0.2, 0) is 23.9 Å². The predicted octanol–water partition coefficient (Wildman–Crippen LogP) is 1.99. The summed E-state index contributed by atoms with van der Waals surface area (Å²) in [5.74, 6) is -1.39. The Morgan fingerprint density at radius 1 is 1.13 bits per heavy atom. The fraction of sp³-hybridized carbons (Fsp3) is 0.545. The van der Waals surface area contributed by atoms with Crippen LogP contribution >= 0.6 is 0 Å². The van der Waals surface area contributed by atoms with Crippen LogP contribution < -0.4 is 10.1 Å². The van der Waals surface area contributed by atoms with E-state index in [-0.39, 0.29) is 35.5 Å². The monoisotopic (exact) mass is 414 g/mol. The molecule has 8 nitrogen and oxygen atoms in total. The molecule has 1 saturated heterocycles. The predicted molar refractivity (Wildman–Crippen MR) is 106 cm³/mol. The standard InChI is InChI=1S/C22H26N2O6/c1-3-29-16-7-5-4-6-15(16)23-17(25)11-30-22(28)12(2)24-20(26)18-13-8-9-14(10-13)19(18)21(24)27/h4-7,12-14,18-19H,3,8-11H2,1-2H3,(H,23,25)/t12-,13-,14-,18+,19+/m0/s1. The highest BCUT2D eigenvalue weighted by Gasteiger charge is 2.62. The number of ether oxygens (including phenoxy) is 2. The number of nitrogens with zero attached hydrogens (tertiary/aromatic N) is 1. The maximum atomic E-state index is 12.8. The van der Waals surface area contributed by atoms with E-state index in [2.05, 4.69) is 5.32 Å². The van der Waals surface area contributed by atoms with Crippen LogP contribution in [-0.4, -0.2) is 47.8 Å². The molecule has 4 rings (SSSR count). The van der Waals surface area contributed by atoms with Crippen LogP contribution in [0.25, 0.3) is 0 Å². The Morgan fingerprint density at radius 2 is 1.77 bits per heavy atom. The molecule has 0 unspecified atom stereocenters. The molecule has 2 saturated carbocycles. The highest BCUT2D eigenvalue weighted by atomic mass is 16.5. The molecule has 1 heterocycles. The summed E-state index contributed by atoms with van der Waals surface area (Å²) >= 11 is 0. The molecule has 0 radical (unpaired) electrons. The Balaban J connectivity index is 1.34. The number of carbonyl (C=O) groups is 4. The number of nitrogens with one attached hydrogen (secondary N) is 1. The van der Waals surface area contributed by atoms with E-state index < -0.39 is 24.5 Å². The van der Waals surface area contributed by atoms with Crippen molar-refractivity contribution in [3.05, 3.63) is 24.3 Å². The van der Waals surface area contributed by atoms with E-state index >= 15 is 0 Å². The summed E-state index contributed by atoms with van der Waals surface area (Å²) in [6.07, 6.45) is 2.88. The Kier molecular flexibility index (Phi) is 5.49. The number of hydrogen-bond acceptors (Lipinski definition) is 6. The fourth-order valence-corrected chi connectivity index (χ4v) is 5.21. The van der Waals surface area contributed by atoms with Crippen LogP contribution in [0.1, 0.15) is 33.1 Å². The normalized spacial score (nSPS) is 27.7. The van der Waals surface area contributed by atoms with Crippen molar-refractivity contribution < 1.29 is 28.7 Å². The van der Waals surface area contributed by atoms with Gasteiger partial charge in [-0.2, -0.15) is 0 Å². The van der Waals surface area contributed by atoms with Gasteiger partial charge in [0.1, 0.15) is 11.8 Å². The Morgan fingerprint density at radius 3 is 2.40 bits per heavy atom. The second-order valence-electron chi connectivity index (χ2n) is 8.19. The first-order valence-electron chi connectivity index (χ1n) is 10.5. The highest BCUT2D eigenvalue weighted by Crippen LogP contribution is 2.56. The maximum Gasteiger partial charge on any atom is 0.329 e. The number of fused-ring (bicyclic) bond motifs is 5. The first-order chi connectivity index (χ1) is 14.4. The molecule has 3 fully saturated rings. The lowest BCUT2D eigenvalue weighted by Gasteiger charge is -2.23. The zero-order valence-electron chi connectivity index (χ0n) is 17.1. The van der Waals surface area contributed by atoms with Crippen molar-refractivity contribution in [1.82, 2.24) is 4.90 Å². The van der Waals surface area contributed by atoms with Gasteiger partial charge in [-0.05, 0) is 57.1 Å². The van der Waals surface area contributed by atoms with Crippen LogP contribution in [0.15, 0.2) is 24.3 Å². The largest absolute Gasteiger partial charge is 0.492 e. The summed E-state index contributed by atoms with van der Waals surface area (Å²) in [5, 5.41) is 2.64. The van der Waals surface area contributed by atoms with Crippen molar-refractivity contribution in [3.63, 3.8) is 0 Å². The van der Waals surface area contributed by atoms with Gasteiger partial charge in [0.25, 0.3) is 5.91 Å². The van der Waals surface area contributed by atoms with Gasteiger partial charge in [0.15, 0.2) is 6.61 Å². The van der Waals surface area contributed by atoms with Crippen molar-refractivity contribution in [2.75, 3.05) is 18.5 Å². The molecule has 5 atom stereocenters. The SMILES string of the molecule is CCOc1ccccc1NC(=O)COC(=O)[C@H](C)N1C(=O)[C@@H]2[C@H]3CC[C@@H](C3)[C@H]2C1=O. The Hall–Kier alpha value is -2.90. The number of hydrogen-bond donors (Lipinski definition) is 1. The number of esters is 1. The van der Waals surface area contributed by atoms with Gasteiger partial charge in [0.2, 0.25) is 11.8 Å². The minimum absolute atomic E-state index is 0.251. The van der Waals surface area contributed by atoms with E-state index in [1.165, 1.54) is 6.92 Å². The quantitative estimate of drug-likeness (QED) is 0.541. The van der Waals surface area contributed by atoms with Crippen molar-refractivity contribution in [2.24, 2.45) is 23.7 Å². The number of imide groups is 1. The lowest BCUT2D eigenvalue weighted by atomic mass is 9.81. The molecule has 160 valence electrons. The molecule has 0 aromatic heterocycles. The van der Waals surface area contributed by atoms with Crippen LogP contribution in [0.4, 0.5) is 5.69 Å². The molecule has 1 aliphatic heterocycles. The minimum Gasteiger partial charge on any atom is -0.492 e. The van der Waals surface area contributed by atoms with E-state index in [1.54, 1.807) is 24.3 Å². The molecule has 3 aliphatic rings. The van der Waals surface area contributed by atoms with Crippen LogP contribution in [0.3, 0.4) is 0 Å². The summed E-state index contributed by atoms with van der Waals surface area (Å²) in [7, 11) is 0. The number of anilines is 1. The lowest BCUT2D eigenvalue weighted by molar-refractivity contribution is -0.159. The molecule has 3 amide bonds. The number of rotatable bonds is 7. The average Bonchev–Trinajstić information content (AvgIpc) is 3.41. The molecule has 1 aromatic rings. The maximum absolute atomic E-state index is 12.8. The van der Waals surface area contributed by atoms with Gasteiger partial charge in [-0.15, -0.1) is 0 Å². The zero-order valence-corrected chi connectivity index (χ0v) is 17.1. The average molecular weight is 414 g/mol. The lowest BCUT2D eigenvalue weighted by Crippen LogP contribution is -2.45. The van der Waals surface area contributed by atoms with Crippen molar-refractivity contribution in [1.29, 1.82) is 0 Å². The van der Waals surface area contributed by atoms with Crippen LogP contribution in [0, 0.1) is 23.7 Å². The van der Waals surface area contributed by atoms with Crippen molar-refractivity contribution in [2.45, 2.75) is 39.2 Å². The van der Waals surface area contributed by atoms with E-state index in [4.69, 9.17) is 9.47 Å². The molecule has 0 spiro atoms. The molecule has 30 heavy (non-hydrogen) atoms. The second kappa shape index (κ2) is 8.08. The van der Waals surface area contributed by atoms with Gasteiger partial charge >= 0.3 is 5.97 Å². The third-order valence-electron chi connectivity index (χ3n) is 6.50. The van der Waals surface area contributed by atoms with E-state index in [0.717, 1.165) is 24.2 Å². The molecule has 1 aromatic carbocycles. The van der Waals surface area contributed by atoms with Crippen LogP contribution in [0.2, 0.25) is 0 Å². The summed E-state index contributed by atoms with van der Waals surface area (Å²) in [5.41, 5.74) is 0.474. The minimum atomic E-state index is -1.04. The third kappa shape index (κ3) is 3.44. The van der Waals surface area contributed by atoms with Gasteiger partial charge in [-0.1, -0.05) is 12.1 Å². The number of benzene rings is 1. The first-order valence-corrected chi connectivity index (χ1v) is 10.5. The number of likely N-dealkylation sites (tertiary alicyclic amines) is 1. The smallest absolute Gasteiger partial charge is 0.329 e. The summed E-state index contributed by atoms with van der Waals surface area (Å²) in [6, 6.07) is 5.90. The molecule has 2 bridgehead atoms. The summed E-state index contributed by atoms with van der Waals surface area (Å²) in [6.45, 7) is 3.24. The highest BCUT2D eigenvalue weighted by molar-refractivity contribution is 6.08. The van der Waals surface area contributed by atoms with E-state index in [9.17, 15) is 19.2 Å². The van der Waals surface area contributed by atoms with E-state index in [1.807, 2.05) is 6.92 Å². The Labute approximate surface area is 174 Å². The van der Waals surface area contributed by atoms with Crippen LogP contribution in [0.5, 0.6) is 5.75 Å². The topological polar surface area (TPSA) is 102 Å². The second-order valence-corrected chi connectivity index (χ2v) is 8.19. The summed E-state index contributed by atoms with van der Waals surface area (Å²) < 4.78 is 10.5. The van der Waals surface area contributed by atoms with Gasteiger partial charge in [-0.25, -0.2) is 4.79 Å². The first kappa shape index (κ1) is 20.4.